The predicted molar refractivity (Wildman–Crippen MR) is 61.3 cm³/mol. The van der Waals surface area contributed by atoms with Crippen LogP contribution in [0.5, 0.6) is 0 Å². The van der Waals surface area contributed by atoms with Crippen LogP contribution in [0, 0.1) is 11.8 Å². The number of rotatable bonds is 3. The summed E-state index contributed by atoms with van der Waals surface area (Å²) in [6.45, 7) is 5.48. The lowest BCUT2D eigenvalue weighted by atomic mass is 9.98. The third-order valence-corrected chi connectivity index (χ3v) is 3.68. The Hall–Kier alpha value is -0.830. The van der Waals surface area contributed by atoms with Gasteiger partial charge in [-0.25, -0.2) is 4.98 Å². The molecule has 0 bridgehead atoms. The molecule has 0 amide bonds. The summed E-state index contributed by atoms with van der Waals surface area (Å²) < 4.78 is 2.23. The van der Waals surface area contributed by atoms with E-state index in [2.05, 4.69) is 16.5 Å². The first kappa shape index (κ1) is 10.7. The second-order valence-electron chi connectivity index (χ2n) is 4.93. The molecule has 0 aromatic carbocycles. The molecule has 1 aromatic heterocycles. The van der Waals surface area contributed by atoms with Gasteiger partial charge in [-0.15, -0.1) is 0 Å². The maximum absolute atomic E-state index is 5.91. The molecule has 0 radical (unpaired) electrons. The zero-order valence-electron chi connectivity index (χ0n) is 9.69. The van der Waals surface area contributed by atoms with Gasteiger partial charge in [-0.05, 0) is 25.2 Å². The minimum Gasteiger partial charge on any atom is -0.333 e. The Kier molecular flexibility index (Phi) is 3.10. The largest absolute Gasteiger partial charge is 0.333 e. The molecule has 3 heteroatoms. The molecule has 3 nitrogen and oxygen atoms in total. The first-order valence-electron chi connectivity index (χ1n) is 5.94. The zero-order chi connectivity index (χ0) is 10.8. The number of aromatic nitrogens is 2. The molecule has 1 aliphatic rings. The van der Waals surface area contributed by atoms with Crippen LogP contribution >= 0.6 is 0 Å². The van der Waals surface area contributed by atoms with E-state index in [1.807, 2.05) is 19.4 Å². The molecule has 2 rings (SSSR count). The van der Waals surface area contributed by atoms with E-state index in [1.54, 1.807) is 0 Å². The molecular formula is C12H21N3. The number of nitrogens with zero attached hydrogens (tertiary/aromatic N) is 2. The highest BCUT2D eigenvalue weighted by Crippen LogP contribution is 2.32. The zero-order valence-corrected chi connectivity index (χ0v) is 9.69. The van der Waals surface area contributed by atoms with Gasteiger partial charge in [0.2, 0.25) is 0 Å². The van der Waals surface area contributed by atoms with Crippen LogP contribution in [0.2, 0.25) is 0 Å². The third kappa shape index (κ3) is 2.23. The van der Waals surface area contributed by atoms with Gasteiger partial charge in [-0.3, -0.25) is 0 Å². The van der Waals surface area contributed by atoms with E-state index in [1.165, 1.54) is 19.3 Å². The lowest BCUT2D eigenvalue weighted by Crippen LogP contribution is -2.17. The van der Waals surface area contributed by atoms with Crippen molar-refractivity contribution in [3.8, 4) is 0 Å². The molecule has 1 fully saturated rings. The van der Waals surface area contributed by atoms with E-state index in [0.717, 1.165) is 24.1 Å². The summed E-state index contributed by atoms with van der Waals surface area (Å²) >= 11 is 0. The van der Waals surface area contributed by atoms with Gasteiger partial charge in [-0.1, -0.05) is 19.8 Å². The first-order chi connectivity index (χ1) is 7.18. The fraction of sp³-hybridized carbons (Fsp3) is 0.750. The van der Waals surface area contributed by atoms with Crippen LogP contribution in [0.25, 0.3) is 0 Å². The quantitative estimate of drug-likeness (QED) is 0.826. The van der Waals surface area contributed by atoms with Gasteiger partial charge >= 0.3 is 0 Å². The molecule has 1 saturated carbocycles. The minimum absolute atomic E-state index is 0.0872. The SMILES string of the molecule is CC(N)c1cncn1CC1CCCC1C. The molecule has 0 spiro atoms. The number of hydrogen-bond acceptors (Lipinski definition) is 2. The summed E-state index contributed by atoms with van der Waals surface area (Å²) in [5.74, 6) is 1.67. The third-order valence-electron chi connectivity index (χ3n) is 3.68. The molecule has 3 unspecified atom stereocenters. The monoisotopic (exact) mass is 207 g/mol. The van der Waals surface area contributed by atoms with Crippen molar-refractivity contribution in [1.82, 2.24) is 9.55 Å². The van der Waals surface area contributed by atoms with E-state index in [0.29, 0.717) is 0 Å². The van der Waals surface area contributed by atoms with Crippen molar-refractivity contribution < 1.29 is 0 Å². The molecule has 2 N–H and O–H groups in total. The van der Waals surface area contributed by atoms with Crippen LogP contribution < -0.4 is 5.73 Å². The molecule has 0 aliphatic heterocycles. The van der Waals surface area contributed by atoms with Gasteiger partial charge in [0.1, 0.15) is 0 Å². The van der Waals surface area contributed by atoms with Crippen molar-refractivity contribution >= 4 is 0 Å². The number of imidazole rings is 1. The van der Waals surface area contributed by atoms with E-state index < -0.39 is 0 Å². The van der Waals surface area contributed by atoms with Crippen molar-refractivity contribution in [3.05, 3.63) is 18.2 Å². The fourth-order valence-corrected chi connectivity index (χ4v) is 2.61. The van der Waals surface area contributed by atoms with Crippen LogP contribution in [0.3, 0.4) is 0 Å². The van der Waals surface area contributed by atoms with Crippen LogP contribution in [-0.2, 0) is 6.54 Å². The van der Waals surface area contributed by atoms with E-state index in [-0.39, 0.29) is 6.04 Å². The Morgan fingerprint density at radius 2 is 2.40 bits per heavy atom. The number of nitrogens with two attached hydrogens (primary N) is 1. The summed E-state index contributed by atoms with van der Waals surface area (Å²) in [5.41, 5.74) is 7.07. The summed E-state index contributed by atoms with van der Waals surface area (Å²) in [6, 6.07) is 0.0872. The molecule has 1 heterocycles. The maximum atomic E-state index is 5.91. The smallest absolute Gasteiger partial charge is 0.0948 e. The Bertz CT molecular complexity index is 316. The molecule has 15 heavy (non-hydrogen) atoms. The second-order valence-corrected chi connectivity index (χ2v) is 4.93. The fourth-order valence-electron chi connectivity index (χ4n) is 2.61. The van der Waals surface area contributed by atoms with E-state index in [9.17, 15) is 0 Å². The minimum atomic E-state index is 0.0872. The van der Waals surface area contributed by atoms with Crippen LogP contribution in [-0.4, -0.2) is 9.55 Å². The van der Waals surface area contributed by atoms with Crippen molar-refractivity contribution in [3.63, 3.8) is 0 Å². The first-order valence-corrected chi connectivity index (χ1v) is 5.94. The average Bonchev–Trinajstić information content (AvgIpc) is 2.77. The summed E-state index contributed by atoms with van der Waals surface area (Å²) in [5, 5.41) is 0. The maximum Gasteiger partial charge on any atom is 0.0948 e. The number of hydrogen-bond donors (Lipinski definition) is 1. The summed E-state index contributed by atoms with van der Waals surface area (Å²) in [4.78, 5) is 4.19. The van der Waals surface area contributed by atoms with Gasteiger partial charge in [0.15, 0.2) is 0 Å². The van der Waals surface area contributed by atoms with Crippen LogP contribution in [0.15, 0.2) is 12.5 Å². The molecule has 0 saturated heterocycles. The molecular weight excluding hydrogens is 186 g/mol. The van der Waals surface area contributed by atoms with Crippen LogP contribution in [0.1, 0.15) is 44.8 Å². The molecule has 84 valence electrons. The van der Waals surface area contributed by atoms with Gasteiger partial charge in [0.05, 0.1) is 12.0 Å². The van der Waals surface area contributed by atoms with Crippen molar-refractivity contribution in [2.24, 2.45) is 17.6 Å². The molecule has 3 atom stereocenters. The van der Waals surface area contributed by atoms with Gasteiger partial charge in [0.25, 0.3) is 0 Å². The molecule has 1 aliphatic carbocycles. The van der Waals surface area contributed by atoms with Crippen molar-refractivity contribution in [2.75, 3.05) is 0 Å². The summed E-state index contributed by atoms with van der Waals surface area (Å²) in [6.07, 6.45) is 7.94. The standard InChI is InChI=1S/C12H21N3/c1-9-4-3-5-11(9)7-15-8-14-6-12(15)10(2)13/h6,8-11H,3-5,7,13H2,1-2H3. The van der Waals surface area contributed by atoms with E-state index >= 15 is 0 Å². The lowest BCUT2D eigenvalue weighted by molar-refractivity contribution is 0.357. The predicted octanol–water partition coefficient (Wildman–Crippen LogP) is 2.34. The second kappa shape index (κ2) is 4.35. The Balaban J connectivity index is 2.06. The topological polar surface area (TPSA) is 43.8 Å². The lowest BCUT2D eigenvalue weighted by Gasteiger charge is -2.18. The van der Waals surface area contributed by atoms with Gasteiger partial charge < -0.3 is 10.3 Å². The van der Waals surface area contributed by atoms with Gasteiger partial charge in [-0.2, -0.15) is 0 Å². The van der Waals surface area contributed by atoms with E-state index in [4.69, 9.17) is 5.73 Å². The normalized spacial score (nSPS) is 28.2. The van der Waals surface area contributed by atoms with Crippen LogP contribution in [0.4, 0.5) is 0 Å². The highest BCUT2D eigenvalue weighted by Gasteiger charge is 2.24. The molecule has 1 aromatic rings. The highest BCUT2D eigenvalue weighted by molar-refractivity contribution is 5.03. The highest BCUT2D eigenvalue weighted by atomic mass is 15.1. The Labute approximate surface area is 91.7 Å². The summed E-state index contributed by atoms with van der Waals surface area (Å²) in [7, 11) is 0. The Morgan fingerprint density at radius 3 is 3.00 bits per heavy atom. The average molecular weight is 207 g/mol. The van der Waals surface area contributed by atoms with Gasteiger partial charge in [0, 0.05) is 18.8 Å². The Morgan fingerprint density at radius 1 is 1.60 bits per heavy atom. The van der Waals surface area contributed by atoms with Crippen molar-refractivity contribution in [1.29, 1.82) is 0 Å². The van der Waals surface area contributed by atoms with Crippen molar-refractivity contribution in [2.45, 2.75) is 45.7 Å².